The summed E-state index contributed by atoms with van der Waals surface area (Å²) in [7, 11) is 0. The van der Waals surface area contributed by atoms with Crippen molar-refractivity contribution in [2.75, 3.05) is 0 Å². The largest absolute Gasteiger partial charge is 0.298 e. The van der Waals surface area contributed by atoms with E-state index in [0.717, 1.165) is 0 Å². The van der Waals surface area contributed by atoms with Crippen LogP contribution >= 0.6 is 0 Å². The predicted octanol–water partition coefficient (Wildman–Crippen LogP) is -0.371. The molecule has 0 fully saturated rings. The van der Waals surface area contributed by atoms with Gasteiger partial charge >= 0.3 is 0 Å². The molecule has 6 heavy (non-hydrogen) atoms. The summed E-state index contributed by atoms with van der Waals surface area (Å²) in [6, 6.07) is 0. The van der Waals surface area contributed by atoms with Crippen molar-refractivity contribution in [1.29, 1.82) is 0 Å². The molecule has 0 aromatic carbocycles. The smallest absolute Gasteiger partial charge is 0.178 e. The lowest BCUT2D eigenvalue weighted by atomic mass is 10.6. The number of rotatable bonds is 1. The summed E-state index contributed by atoms with van der Waals surface area (Å²) in [6.07, 6.45) is -1.05. The number of hydrogen-bond donors (Lipinski definition) is 1. The van der Waals surface area contributed by atoms with E-state index in [1.165, 1.54) is 5.94 Å². The first-order valence-corrected chi connectivity index (χ1v) is 1.38. The minimum absolute atomic E-state index is 0.597. The maximum Gasteiger partial charge on any atom is 0.178 e. The maximum atomic E-state index is 11.2. The zero-order chi connectivity index (χ0) is 4.99. The van der Waals surface area contributed by atoms with Crippen molar-refractivity contribution in [1.82, 2.24) is 0 Å². The van der Waals surface area contributed by atoms with Gasteiger partial charge in [0.15, 0.2) is 6.30 Å². The first-order valence-electron chi connectivity index (χ1n) is 1.38. The summed E-state index contributed by atoms with van der Waals surface area (Å²) in [5.41, 5.74) is 4.42. The van der Waals surface area contributed by atoms with E-state index in [1.54, 1.807) is 0 Å². The molecule has 0 saturated heterocycles. The Bertz CT molecular complexity index is 74.9. The molecule has 34 valence electrons. The van der Waals surface area contributed by atoms with Gasteiger partial charge in [-0.2, -0.15) is 0 Å². The fourth-order valence-electron chi connectivity index (χ4n) is 0.0650. The molecule has 0 amide bonds. The molecule has 0 radical (unpaired) electrons. The number of halogens is 1. The maximum absolute atomic E-state index is 11.2. The Balaban J connectivity index is 3.29. The van der Waals surface area contributed by atoms with E-state index < -0.39 is 6.30 Å². The monoisotopic (exact) mass is 89.0 g/mol. The summed E-state index contributed by atoms with van der Waals surface area (Å²) >= 11 is 0. The van der Waals surface area contributed by atoms with Gasteiger partial charge in [0, 0.05) is 6.08 Å². The molecule has 0 aliphatic carbocycles. The number of carbonyl (C=O) groups excluding carboxylic acids is 1. The van der Waals surface area contributed by atoms with Gasteiger partial charge in [0.25, 0.3) is 0 Å². The molecular formula is C3H4FNO. The first-order chi connectivity index (χ1) is 2.77. The highest BCUT2D eigenvalue weighted by molar-refractivity contribution is 5.45. The van der Waals surface area contributed by atoms with Crippen molar-refractivity contribution in [2.45, 2.75) is 6.30 Å². The highest BCUT2D eigenvalue weighted by atomic mass is 19.1. The van der Waals surface area contributed by atoms with Gasteiger partial charge in [-0.3, -0.25) is 5.73 Å². The third kappa shape index (κ3) is 3.34. The molecule has 2 N–H and O–H groups in total. The van der Waals surface area contributed by atoms with Crippen molar-refractivity contribution in [3.8, 4) is 0 Å². The third-order valence-electron chi connectivity index (χ3n) is 0.227. The molecule has 1 atom stereocenters. The van der Waals surface area contributed by atoms with Gasteiger partial charge in [-0.15, -0.1) is 0 Å². The molecule has 0 aromatic rings. The van der Waals surface area contributed by atoms with Crippen LogP contribution in [0.3, 0.4) is 0 Å². The number of alkyl halides is 1. The summed E-state index contributed by atoms with van der Waals surface area (Å²) in [5, 5.41) is 0. The molecule has 0 aliphatic rings. The average molecular weight is 89.1 g/mol. The molecule has 3 heteroatoms. The molecular weight excluding hydrogens is 85.0 g/mol. The Hall–Kier alpha value is -0.660. The van der Waals surface area contributed by atoms with Gasteiger partial charge < -0.3 is 0 Å². The minimum atomic E-state index is -1.65. The van der Waals surface area contributed by atoms with Crippen molar-refractivity contribution < 1.29 is 9.18 Å². The lowest BCUT2D eigenvalue weighted by Crippen LogP contribution is -2.08. The van der Waals surface area contributed by atoms with Gasteiger partial charge in [-0.25, -0.2) is 9.18 Å². The van der Waals surface area contributed by atoms with Crippen LogP contribution in [0, 0.1) is 0 Å². The highest BCUT2D eigenvalue weighted by Crippen LogP contribution is 1.72. The van der Waals surface area contributed by atoms with Crippen LogP contribution in [0.4, 0.5) is 4.39 Å². The molecule has 0 spiro atoms. The van der Waals surface area contributed by atoms with E-state index in [9.17, 15) is 4.39 Å². The third-order valence-corrected chi connectivity index (χ3v) is 0.227. The van der Waals surface area contributed by atoms with Crippen LogP contribution in [0.15, 0.2) is 6.08 Å². The lowest BCUT2D eigenvalue weighted by Gasteiger charge is -1.79. The van der Waals surface area contributed by atoms with Gasteiger partial charge in [-0.1, -0.05) is 0 Å². The molecule has 2 nitrogen and oxygen atoms in total. The van der Waals surface area contributed by atoms with E-state index in [0.29, 0.717) is 6.08 Å². The fraction of sp³-hybridized carbons (Fsp3) is 0.333. The van der Waals surface area contributed by atoms with Crippen LogP contribution in [0.25, 0.3) is 0 Å². The van der Waals surface area contributed by atoms with Gasteiger partial charge in [0.2, 0.25) is 0 Å². The summed E-state index contributed by atoms with van der Waals surface area (Å²) in [4.78, 5) is 9.11. The minimum Gasteiger partial charge on any atom is -0.298 e. The first kappa shape index (κ1) is 5.34. The topological polar surface area (TPSA) is 43.1 Å². The van der Waals surface area contributed by atoms with E-state index in [2.05, 4.69) is 5.73 Å². The second-order valence-electron chi connectivity index (χ2n) is 0.729. The van der Waals surface area contributed by atoms with Crippen LogP contribution < -0.4 is 5.73 Å². The van der Waals surface area contributed by atoms with E-state index >= 15 is 0 Å². The van der Waals surface area contributed by atoms with Crippen LogP contribution in [-0.4, -0.2) is 12.2 Å². The summed E-state index contributed by atoms with van der Waals surface area (Å²) in [5.74, 6) is 1.19. The van der Waals surface area contributed by atoms with Crippen molar-refractivity contribution in [3.63, 3.8) is 0 Å². The number of nitrogens with two attached hydrogens (primary N) is 1. The molecule has 0 aliphatic heterocycles. The van der Waals surface area contributed by atoms with Crippen LogP contribution in [0.1, 0.15) is 0 Å². The Morgan fingerprint density at radius 1 is 2.00 bits per heavy atom. The Morgan fingerprint density at radius 3 is 2.50 bits per heavy atom. The zero-order valence-electron chi connectivity index (χ0n) is 3.02. The number of hydrogen-bond acceptors (Lipinski definition) is 2. The van der Waals surface area contributed by atoms with E-state index in [1.807, 2.05) is 0 Å². The average Bonchev–Trinajstić information content (AvgIpc) is 1.35. The molecule has 0 bridgehead atoms. The molecule has 0 aromatic heterocycles. The second-order valence-corrected chi connectivity index (χ2v) is 0.729. The SMILES string of the molecule is NC(F)C=C=O. The summed E-state index contributed by atoms with van der Waals surface area (Å²) < 4.78 is 11.2. The van der Waals surface area contributed by atoms with Crippen LogP contribution in [0.2, 0.25) is 0 Å². The second kappa shape index (κ2) is 2.57. The van der Waals surface area contributed by atoms with Gasteiger partial charge in [0.05, 0.1) is 0 Å². The van der Waals surface area contributed by atoms with Crippen molar-refractivity contribution in [2.24, 2.45) is 5.73 Å². The van der Waals surface area contributed by atoms with Gasteiger partial charge in [0.1, 0.15) is 5.94 Å². The standard InChI is InChI=1S/C3H4FNO/c4-3(5)1-2-6/h1,3H,5H2. The van der Waals surface area contributed by atoms with Crippen LogP contribution in [-0.2, 0) is 4.79 Å². The van der Waals surface area contributed by atoms with E-state index in [4.69, 9.17) is 4.79 Å². The van der Waals surface area contributed by atoms with E-state index in [-0.39, 0.29) is 0 Å². The highest BCUT2D eigenvalue weighted by Gasteiger charge is 1.83. The lowest BCUT2D eigenvalue weighted by molar-refractivity contribution is 0.413. The Kier molecular flexibility index (Phi) is 2.29. The zero-order valence-corrected chi connectivity index (χ0v) is 3.02. The Morgan fingerprint density at radius 2 is 2.50 bits per heavy atom. The van der Waals surface area contributed by atoms with Gasteiger partial charge in [-0.05, 0) is 0 Å². The molecule has 0 rings (SSSR count). The summed E-state index contributed by atoms with van der Waals surface area (Å²) in [6.45, 7) is 0. The molecule has 1 unspecified atom stereocenters. The normalized spacial score (nSPS) is 12.3. The molecule has 0 heterocycles. The van der Waals surface area contributed by atoms with Crippen LogP contribution in [0.5, 0.6) is 0 Å². The molecule has 0 saturated carbocycles. The predicted molar refractivity (Wildman–Crippen MR) is 19.3 cm³/mol. The fourth-order valence-corrected chi connectivity index (χ4v) is 0.0650. The quantitative estimate of drug-likeness (QED) is 0.352. The Labute approximate surface area is 34.4 Å². The van der Waals surface area contributed by atoms with Crippen molar-refractivity contribution >= 4 is 5.94 Å². The van der Waals surface area contributed by atoms with Crippen molar-refractivity contribution in [3.05, 3.63) is 6.08 Å².